The van der Waals surface area contributed by atoms with Crippen molar-refractivity contribution in [3.8, 4) is 0 Å². The van der Waals surface area contributed by atoms with Crippen molar-refractivity contribution >= 4 is 11.7 Å². The third-order valence-electron chi connectivity index (χ3n) is 3.51. The number of carbonyl (C=O) groups excluding carboxylic acids is 1. The topological polar surface area (TPSA) is 59.0 Å². The van der Waals surface area contributed by atoms with E-state index in [1.807, 2.05) is 20.0 Å². The quantitative estimate of drug-likeness (QED) is 0.850. The molecule has 0 radical (unpaired) electrons. The summed E-state index contributed by atoms with van der Waals surface area (Å²) in [5, 5.41) is 10.5. The van der Waals surface area contributed by atoms with Gasteiger partial charge in [-0.25, -0.2) is 0 Å². The maximum absolute atomic E-state index is 11.8. The Labute approximate surface area is 108 Å². The van der Waals surface area contributed by atoms with E-state index in [2.05, 4.69) is 15.7 Å². The Morgan fingerprint density at radius 3 is 2.89 bits per heavy atom. The number of piperidine rings is 1. The fourth-order valence-corrected chi connectivity index (χ4v) is 2.44. The summed E-state index contributed by atoms with van der Waals surface area (Å²) in [6.07, 6.45) is 3.98. The largest absolute Gasteiger partial charge is 0.317 e. The highest BCUT2D eigenvalue weighted by molar-refractivity contribution is 5.89. The maximum Gasteiger partial charge on any atom is 0.225 e. The lowest BCUT2D eigenvalue weighted by atomic mass is 9.93. The van der Waals surface area contributed by atoms with Crippen LogP contribution in [-0.2, 0) is 11.8 Å². The summed E-state index contributed by atoms with van der Waals surface area (Å²) in [5.74, 6) is 1.57. The van der Waals surface area contributed by atoms with Crippen molar-refractivity contribution in [2.24, 2.45) is 13.0 Å². The zero-order valence-electron chi connectivity index (χ0n) is 11.2. The number of amides is 1. The predicted molar refractivity (Wildman–Crippen MR) is 71.4 cm³/mol. The van der Waals surface area contributed by atoms with E-state index in [4.69, 9.17) is 0 Å². The Morgan fingerprint density at radius 1 is 1.56 bits per heavy atom. The zero-order chi connectivity index (χ0) is 13.0. The Bertz CT molecular complexity index is 407. The van der Waals surface area contributed by atoms with Crippen LogP contribution in [-0.4, -0.2) is 28.8 Å². The summed E-state index contributed by atoms with van der Waals surface area (Å²) in [4.78, 5) is 11.8. The number of hydrogen-bond donors (Lipinski definition) is 2. The van der Waals surface area contributed by atoms with Crippen LogP contribution in [0.3, 0.4) is 0 Å². The lowest BCUT2D eigenvalue weighted by Gasteiger charge is -2.22. The molecule has 1 amide bonds. The van der Waals surface area contributed by atoms with Gasteiger partial charge in [-0.05, 0) is 45.2 Å². The van der Waals surface area contributed by atoms with E-state index in [1.165, 1.54) is 12.8 Å². The molecule has 0 bridgehead atoms. The summed E-state index contributed by atoms with van der Waals surface area (Å²) in [6.45, 7) is 4.10. The van der Waals surface area contributed by atoms with Crippen LogP contribution in [0.1, 0.15) is 31.4 Å². The van der Waals surface area contributed by atoms with E-state index in [0.717, 1.165) is 31.0 Å². The molecule has 1 aromatic rings. The molecule has 2 rings (SSSR count). The van der Waals surface area contributed by atoms with Gasteiger partial charge in [0.2, 0.25) is 5.91 Å². The summed E-state index contributed by atoms with van der Waals surface area (Å²) in [6, 6.07) is 1.89. The first-order valence-corrected chi connectivity index (χ1v) is 6.66. The average molecular weight is 250 g/mol. The third-order valence-corrected chi connectivity index (χ3v) is 3.51. The molecule has 1 aromatic heterocycles. The Hall–Kier alpha value is -1.36. The highest BCUT2D eigenvalue weighted by Gasteiger charge is 2.15. The second kappa shape index (κ2) is 6.00. The molecule has 0 spiro atoms. The Kier molecular flexibility index (Phi) is 4.36. The molecule has 0 aromatic carbocycles. The minimum atomic E-state index is 0.0940. The van der Waals surface area contributed by atoms with Crippen LogP contribution < -0.4 is 10.6 Å². The van der Waals surface area contributed by atoms with Gasteiger partial charge in [-0.3, -0.25) is 9.48 Å². The number of nitrogens with zero attached hydrogens (tertiary/aromatic N) is 2. The van der Waals surface area contributed by atoms with E-state index in [9.17, 15) is 4.79 Å². The van der Waals surface area contributed by atoms with Gasteiger partial charge in [0.05, 0.1) is 5.69 Å². The fraction of sp³-hybridized carbons (Fsp3) is 0.692. The fourth-order valence-electron chi connectivity index (χ4n) is 2.44. The predicted octanol–water partition coefficient (Wildman–Crippen LogP) is 1.45. The number of nitrogens with one attached hydrogen (secondary N) is 2. The number of carbonyl (C=O) groups is 1. The van der Waals surface area contributed by atoms with Crippen molar-refractivity contribution in [2.75, 3.05) is 18.4 Å². The van der Waals surface area contributed by atoms with Crippen LogP contribution in [0.2, 0.25) is 0 Å². The van der Waals surface area contributed by atoms with Crippen LogP contribution in [0.5, 0.6) is 0 Å². The van der Waals surface area contributed by atoms with E-state index < -0.39 is 0 Å². The van der Waals surface area contributed by atoms with Crippen LogP contribution in [0, 0.1) is 12.8 Å². The molecule has 1 aliphatic rings. The molecule has 1 fully saturated rings. The highest BCUT2D eigenvalue weighted by atomic mass is 16.1. The van der Waals surface area contributed by atoms with Gasteiger partial charge in [-0.15, -0.1) is 0 Å². The normalized spacial score (nSPS) is 16.8. The zero-order valence-corrected chi connectivity index (χ0v) is 11.2. The van der Waals surface area contributed by atoms with Crippen molar-refractivity contribution in [3.63, 3.8) is 0 Å². The minimum absolute atomic E-state index is 0.0940. The Morgan fingerprint density at radius 2 is 2.28 bits per heavy atom. The summed E-state index contributed by atoms with van der Waals surface area (Å²) in [5.41, 5.74) is 0.922. The smallest absolute Gasteiger partial charge is 0.225 e. The number of aromatic nitrogens is 2. The second-order valence-corrected chi connectivity index (χ2v) is 5.07. The number of anilines is 1. The molecule has 0 atom stereocenters. The molecule has 0 saturated carbocycles. The van der Waals surface area contributed by atoms with Gasteiger partial charge < -0.3 is 10.6 Å². The molecule has 0 unspecified atom stereocenters. The van der Waals surface area contributed by atoms with Crippen LogP contribution >= 0.6 is 0 Å². The molecule has 18 heavy (non-hydrogen) atoms. The highest BCUT2D eigenvalue weighted by Crippen LogP contribution is 2.18. The van der Waals surface area contributed by atoms with Gasteiger partial charge in [-0.2, -0.15) is 5.10 Å². The molecule has 2 N–H and O–H groups in total. The summed E-state index contributed by atoms with van der Waals surface area (Å²) < 4.78 is 1.71. The van der Waals surface area contributed by atoms with E-state index in [0.29, 0.717) is 12.3 Å². The van der Waals surface area contributed by atoms with Crippen LogP contribution in [0.25, 0.3) is 0 Å². The van der Waals surface area contributed by atoms with Crippen molar-refractivity contribution in [1.82, 2.24) is 15.1 Å². The first kappa shape index (κ1) is 13.1. The first-order valence-electron chi connectivity index (χ1n) is 6.66. The van der Waals surface area contributed by atoms with Crippen LogP contribution in [0.4, 0.5) is 5.82 Å². The number of rotatable bonds is 4. The third kappa shape index (κ3) is 3.57. The van der Waals surface area contributed by atoms with E-state index in [1.54, 1.807) is 4.68 Å². The SMILES string of the molecule is Cc1cc(NC(=O)CCC2CCNCC2)n(C)n1. The van der Waals surface area contributed by atoms with Crippen molar-refractivity contribution in [3.05, 3.63) is 11.8 Å². The van der Waals surface area contributed by atoms with E-state index >= 15 is 0 Å². The maximum atomic E-state index is 11.8. The molecular weight excluding hydrogens is 228 g/mol. The molecule has 5 heteroatoms. The molecule has 5 nitrogen and oxygen atoms in total. The van der Waals surface area contributed by atoms with Crippen molar-refractivity contribution < 1.29 is 4.79 Å². The molecule has 2 heterocycles. The molecule has 100 valence electrons. The minimum Gasteiger partial charge on any atom is -0.317 e. The lowest BCUT2D eigenvalue weighted by Crippen LogP contribution is -2.28. The van der Waals surface area contributed by atoms with Crippen LogP contribution in [0.15, 0.2) is 6.07 Å². The second-order valence-electron chi connectivity index (χ2n) is 5.07. The first-order chi connectivity index (χ1) is 8.65. The molecular formula is C13H22N4O. The van der Waals surface area contributed by atoms with Gasteiger partial charge in [0.25, 0.3) is 0 Å². The van der Waals surface area contributed by atoms with Gasteiger partial charge in [-0.1, -0.05) is 0 Å². The standard InChI is InChI=1S/C13H22N4O/c1-10-9-12(17(2)16-10)15-13(18)4-3-11-5-7-14-8-6-11/h9,11,14H,3-8H2,1-2H3,(H,15,18). The number of aryl methyl sites for hydroxylation is 2. The van der Waals surface area contributed by atoms with Gasteiger partial charge in [0, 0.05) is 19.5 Å². The monoisotopic (exact) mass is 250 g/mol. The number of hydrogen-bond acceptors (Lipinski definition) is 3. The van der Waals surface area contributed by atoms with Gasteiger partial charge >= 0.3 is 0 Å². The van der Waals surface area contributed by atoms with Gasteiger partial charge in [0.15, 0.2) is 0 Å². The summed E-state index contributed by atoms with van der Waals surface area (Å²) in [7, 11) is 1.84. The molecule has 0 aliphatic carbocycles. The lowest BCUT2D eigenvalue weighted by molar-refractivity contribution is -0.116. The van der Waals surface area contributed by atoms with Crippen molar-refractivity contribution in [2.45, 2.75) is 32.6 Å². The summed E-state index contributed by atoms with van der Waals surface area (Å²) >= 11 is 0. The van der Waals surface area contributed by atoms with Crippen molar-refractivity contribution in [1.29, 1.82) is 0 Å². The molecule has 1 aliphatic heterocycles. The van der Waals surface area contributed by atoms with Gasteiger partial charge in [0.1, 0.15) is 5.82 Å². The molecule has 1 saturated heterocycles. The Balaban J connectivity index is 1.76. The van der Waals surface area contributed by atoms with E-state index in [-0.39, 0.29) is 5.91 Å². The average Bonchev–Trinajstić information content (AvgIpc) is 2.67.